The Morgan fingerprint density at radius 3 is 2.74 bits per heavy atom. The number of halogens is 1. The fraction of sp³-hybridized carbons (Fsp3) is 0.300. The molecule has 2 aromatic rings. The van der Waals surface area contributed by atoms with E-state index in [9.17, 15) is 9.59 Å². The van der Waals surface area contributed by atoms with Crippen molar-refractivity contribution in [1.82, 2.24) is 5.32 Å². The molecule has 2 amide bonds. The van der Waals surface area contributed by atoms with Crippen molar-refractivity contribution in [2.45, 2.75) is 26.3 Å². The second kappa shape index (κ2) is 8.54. The van der Waals surface area contributed by atoms with Crippen LogP contribution in [0.1, 0.15) is 31.0 Å². The van der Waals surface area contributed by atoms with Gasteiger partial charge < -0.3 is 20.7 Å². The summed E-state index contributed by atoms with van der Waals surface area (Å²) in [6.07, 6.45) is 0.875. The first-order chi connectivity index (χ1) is 12.9. The molecular weight excluding hydrogens is 410 g/mol. The maximum atomic E-state index is 11.4. The molecule has 1 aliphatic heterocycles. The van der Waals surface area contributed by atoms with Crippen molar-refractivity contribution in [3.8, 4) is 5.75 Å². The molecule has 0 radical (unpaired) electrons. The molecule has 0 saturated heterocycles. The third-order valence-corrected chi connectivity index (χ3v) is 5.02. The Morgan fingerprint density at radius 1 is 1.30 bits per heavy atom. The highest BCUT2D eigenvalue weighted by Crippen LogP contribution is 2.36. The molecule has 0 aliphatic carbocycles. The van der Waals surface area contributed by atoms with Gasteiger partial charge in [-0.3, -0.25) is 9.59 Å². The second-order valence-corrected chi connectivity index (χ2v) is 7.36. The molecule has 3 N–H and O–H groups in total. The monoisotopic (exact) mass is 431 g/mol. The highest BCUT2D eigenvalue weighted by atomic mass is 79.9. The first-order valence-corrected chi connectivity index (χ1v) is 9.57. The van der Waals surface area contributed by atoms with E-state index in [0.717, 1.165) is 28.7 Å². The van der Waals surface area contributed by atoms with Crippen LogP contribution in [0.4, 0.5) is 11.4 Å². The molecule has 1 aliphatic rings. The van der Waals surface area contributed by atoms with E-state index in [4.69, 9.17) is 4.74 Å². The Balaban J connectivity index is 1.57. The predicted molar refractivity (Wildman–Crippen MR) is 109 cm³/mol. The van der Waals surface area contributed by atoms with Crippen LogP contribution in [0, 0.1) is 0 Å². The average molecular weight is 432 g/mol. The fourth-order valence-electron chi connectivity index (χ4n) is 2.95. The Kier molecular flexibility index (Phi) is 6.13. The molecule has 0 spiro atoms. The lowest BCUT2D eigenvalue weighted by molar-refractivity contribution is -0.118. The molecule has 0 aromatic heterocycles. The van der Waals surface area contributed by atoms with E-state index in [1.165, 1.54) is 12.5 Å². The lowest BCUT2D eigenvalue weighted by Crippen LogP contribution is -2.26. The molecular formula is C20H22BrN3O3. The number of nitrogens with one attached hydrogen (secondary N) is 3. The molecule has 27 heavy (non-hydrogen) atoms. The summed E-state index contributed by atoms with van der Waals surface area (Å²) in [4.78, 5) is 22.5. The molecule has 1 heterocycles. The fourth-order valence-corrected chi connectivity index (χ4v) is 3.64. The molecule has 7 heteroatoms. The van der Waals surface area contributed by atoms with Crippen molar-refractivity contribution >= 4 is 39.1 Å². The largest absolute Gasteiger partial charge is 0.482 e. The predicted octanol–water partition coefficient (Wildman–Crippen LogP) is 3.63. The molecule has 142 valence electrons. The molecule has 6 nitrogen and oxygen atoms in total. The van der Waals surface area contributed by atoms with Crippen LogP contribution in [0.15, 0.2) is 40.9 Å². The summed E-state index contributed by atoms with van der Waals surface area (Å²) in [5, 5.41) is 9.08. The molecule has 3 rings (SSSR count). The molecule has 0 bridgehead atoms. The summed E-state index contributed by atoms with van der Waals surface area (Å²) in [6.45, 7) is 4.44. The zero-order valence-corrected chi connectivity index (χ0v) is 16.9. The quantitative estimate of drug-likeness (QED) is 0.652. The van der Waals surface area contributed by atoms with Crippen molar-refractivity contribution in [2.75, 3.05) is 23.8 Å². The minimum absolute atomic E-state index is 0.0460. The van der Waals surface area contributed by atoms with Gasteiger partial charge in [0.1, 0.15) is 5.75 Å². The summed E-state index contributed by atoms with van der Waals surface area (Å²) < 4.78 is 6.43. The number of benzene rings is 2. The minimum Gasteiger partial charge on any atom is -0.482 e. The van der Waals surface area contributed by atoms with Gasteiger partial charge in [0.15, 0.2) is 6.61 Å². The SMILES string of the molecule is CC(=O)Nc1ccc(CCNC(C)c2cc3c(cc2Br)NC(=O)CO3)cc1. The number of carbonyl (C=O) groups excluding carboxylic acids is 2. The van der Waals surface area contributed by atoms with Crippen molar-refractivity contribution in [3.63, 3.8) is 0 Å². The molecule has 0 saturated carbocycles. The molecule has 1 unspecified atom stereocenters. The van der Waals surface area contributed by atoms with Gasteiger partial charge in [0.2, 0.25) is 5.91 Å². The lowest BCUT2D eigenvalue weighted by Gasteiger charge is -2.22. The third-order valence-electron chi connectivity index (χ3n) is 4.34. The number of anilines is 2. The van der Waals surface area contributed by atoms with Gasteiger partial charge in [-0.05, 0) is 55.3 Å². The number of carbonyl (C=O) groups is 2. The smallest absolute Gasteiger partial charge is 0.262 e. The minimum atomic E-state index is -0.141. The van der Waals surface area contributed by atoms with E-state index in [-0.39, 0.29) is 24.5 Å². The number of hydrogen-bond acceptors (Lipinski definition) is 4. The molecule has 2 aromatic carbocycles. The average Bonchev–Trinajstić information content (AvgIpc) is 2.62. The highest BCUT2D eigenvalue weighted by Gasteiger charge is 2.20. The van der Waals surface area contributed by atoms with E-state index in [1.807, 2.05) is 36.4 Å². The molecule has 0 fully saturated rings. The van der Waals surface area contributed by atoms with Crippen molar-refractivity contribution < 1.29 is 14.3 Å². The normalized spacial score (nSPS) is 14.0. The van der Waals surface area contributed by atoms with Gasteiger partial charge in [-0.2, -0.15) is 0 Å². The summed E-state index contributed by atoms with van der Waals surface area (Å²) in [5.74, 6) is 0.477. The zero-order valence-electron chi connectivity index (χ0n) is 15.3. The van der Waals surface area contributed by atoms with Gasteiger partial charge in [0.25, 0.3) is 5.91 Å². The topological polar surface area (TPSA) is 79.5 Å². The highest BCUT2D eigenvalue weighted by molar-refractivity contribution is 9.10. The summed E-state index contributed by atoms with van der Waals surface area (Å²) in [7, 11) is 0. The third kappa shape index (κ3) is 5.08. The summed E-state index contributed by atoms with van der Waals surface area (Å²) in [5.41, 5.74) is 3.76. The van der Waals surface area contributed by atoms with Crippen LogP contribution in [0.3, 0.4) is 0 Å². The van der Waals surface area contributed by atoms with Crippen LogP contribution in [0.5, 0.6) is 5.75 Å². The first kappa shape index (κ1) is 19.4. The van der Waals surface area contributed by atoms with Gasteiger partial charge >= 0.3 is 0 Å². The Hall–Kier alpha value is -2.38. The maximum Gasteiger partial charge on any atom is 0.262 e. The first-order valence-electron chi connectivity index (χ1n) is 8.78. The summed E-state index contributed by atoms with van der Waals surface area (Å²) in [6, 6.07) is 11.8. The number of rotatable bonds is 6. The molecule has 1 atom stereocenters. The van der Waals surface area contributed by atoms with Crippen molar-refractivity contribution in [3.05, 3.63) is 52.0 Å². The van der Waals surface area contributed by atoms with Crippen molar-refractivity contribution in [2.24, 2.45) is 0 Å². The van der Waals surface area contributed by atoms with Gasteiger partial charge in [0.05, 0.1) is 5.69 Å². The lowest BCUT2D eigenvalue weighted by atomic mass is 10.1. The number of hydrogen-bond donors (Lipinski definition) is 3. The number of fused-ring (bicyclic) bond motifs is 1. The van der Waals surface area contributed by atoms with Gasteiger partial charge in [0, 0.05) is 23.1 Å². The van der Waals surface area contributed by atoms with E-state index in [1.54, 1.807) is 0 Å². The zero-order chi connectivity index (χ0) is 19.4. The van der Waals surface area contributed by atoms with E-state index < -0.39 is 0 Å². The van der Waals surface area contributed by atoms with Crippen LogP contribution in [-0.4, -0.2) is 25.0 Å². The van der Waals surface area contributed by atoms with Gasteiger partial charge in [-0.25, -0.2) is 0 Å². The Labute approximate surface area is 166 Å². The standard InChI is InChI=1S/C20H22BrN3O3/c1-12(16-9-19-18(10-17(16)21)24-20(26)11-27-19)22-8-7-14-3-5-15(6-4-14)23-13(2)25/h3-6,9-10,12,22H,7-8,11H2,1-2H3,(H,23,25)(H,24,26). The maximum absolute atomic E-state index is 11.4. The number of amides is 2. The Morgan fingerprint density at radius 2 is 2.04 bits per heavy atom. The van der Waals surface area contributed by atoms with E-state index in [2.05, 4.69) is 38.8 Å². The second-order valence-electron chi connectivity index (χ2n) is 6.51. The van der Waals surface area contributed by atoms with Crippen LogP contribution in [-0.2, 0) is 16.0 Å². The van der Waals surface area contributed by atoms with Gasteiger partial charge in [-0.1, -0.05) is 28.1 Å². The van der Waals surface area contributed by atoms with E-state index >= 15 is 0 Å². The number of ether oxygens (including phenoxy) is 1. The van der Waals surface area contributed by atoms with Crippen LogP contribution >= 0.6 is 15.9 Å². The van der Waals surface area contributed by atoms with Crippen LogP contribution in [0.2, 0.25) is 0 Å². The van der Waals surface area contributed by atoms with Crippen LogP contribution < -0.4 is 20.7 Å². The summed E-state index contributed by atoms with van der Waals surface area (Å²) >= 11 is 3.58. The van der Waals surface area contributed by atoms with Crippen molar-refractivity contribution in [1.29, 1.82) is 0 Å². The van der Waals surface area contributed by atoms with E-state index in [0.29, 0.717) is 11.4 Å². The Bertz CT molecular complexity index is 852. The van der Waals surface area contributed by atoms with Gasteiger partial charge in [-0.15, -0.1) is 0 Å². The van der Waals surface area contributed by atoms with Crippen LogP contribution in [0.25, 0.3) is 0 Å².